The number of benzene rings is 1. The van der Waals surface area contributed by atoms with Crippen molar-refractivity contribution < 1.29 is 0 Å². The number of hydrogen-bond acceptors (Lipinski definition) is 3. The first-order valence-corrected chi connectivity index (χ1v) is 6.21. The van der Waals surface area contributed by atoms with Crippen LogP contribution < -0.4 is 5.32 Å². The molecule has 0 aliphatic carbocycles. The van der Waals surface area contributed by atoms with E-state index in [1.165, 1.54) is 11.1 Å². The minimum atomic E-state index is 0.0792. The number of halogens is 1. The average Bonchev–Trinajstić information content (AvgIpc) is 2.36. The predicted molar refractivity (Wildman–Crippen MR) is 71.8 cm³/mol. The van der Waals surface area contributed by atoms with Gasteiger partial charge in [0.05, 0.1) is 17.9 Å². The Labute approximate surface area is 109 Å². The van der Waals surface area contributed by atoms with Crippen LogP contribution in [0.3, 0.4) is 0 Å². The monoisotopic (exact) mass is 291 g/mol. The Balaban J connectivity index is 2.39. The Morgan fingerprint density at radius 3 is 2.71 bits per heavy atom. The number of nitrogens with zero attached hydrogens (tertiary/aromatic N) is 2. The molecule has 1 heterocycles. The standard InChI is InChI=1S/C13H14BrN3/c1-9-7-10(3-4-11(9)14)13(15-2)12-8-16-5-6-17-12/h3-8,13,15H,1-2H3. The summed E-state index contributed by atoms with van der Waals surface area (Å²) in [6, 6.07) is 6.38. The highest BCUT2D eigenvalue weighted by atomic mass is 79.9. The third-order valence-corrected chi connectivity index (χ3v) is 3.57. The fourth-order valence-electron chi connectivity index (χ4n) is 1.79. The van der Waals surface area contributed by atoms with Crippen LogP contribution in [0.2, 0.25) is 0 Å². The molecule has 0 fully saturated rings. The quantitative estimate of drug-likeness (QED) is 0.945. The van der Waals surface area contributed by atoms with Crippen LogP contribution in [0.25, 0.3) is 0 Å². The second-order valence-electron chi connectivity index (χ2n) is 3.86. The van der Waals surface area contributed by atoms with Gasteiger partial charge >= 0.3 is 0 Å². The SMILES string of the molecule is CNC(c1ccc(Br)c(C)c1)c1cnccn1. The van der Waals surface area contributed by atoms with Crippen LogP contribution in [0, 0.1) is 6.92 Å². The molecule has 1 aromatic carbocycles. The Morgan fingerprint density at radius 2 is 2.12 bits per heavy atom. The van der Waals surface area contributed by atoms with E-state index in [1.54, 1.807) is 18.6 Å². The van der Waals surface area contributed by atoms with Gasteiger partial charge in [-0.25, -0.2) is 0 Å². The van der Waals surface area contributed by atoms with E-state index in [2.05, 4.69) is 56.3 Å². The van der Waals surface area contributed by atoms with Crippen LogP contribution in [-0.4, -0.2) is 17.0 Å². The van der Waals surface area contributed by atoms with Crippen molar-refractivity contribution in [3.63, 3.8) is 0 Å². The lowest BCUT2D eigenvalue weighted by molar-refractivity contribution is 0.666. The molecule has 0 aliphatic rings. The van der Waals surface area contributed by atoms with Crippen molar-refractivity contribution in [2.45, 2.75) is 13.0 Å². The normalized spacial score (nSPS) is 12.4. The van der Waals surface area contributed by atoms with Crippen LogP contribution in [0.4, 0.5) is 0 Å². The van der Waals surface area contributed by atoms with Gasteiger partial charge in [-0.05, 0) is 31.2 Å². The van der Waals surface area contributed by atoms with Crippen molar-refractivity contribution in [1.82, 2.24) is 15.3 Å². The number of aromatic nitrogens is 2. The Kier molecular flexibility index (Phi) is 3.86. The molecule has 3 nitrogen and oxygen atoms in total. The number of rotatable bonds is 3. The fraction of sp³-hybridized carbons (Fsp3) is 0.231. The molecular formula is C13H14BrN3. The van der Waals surface area contributed by atoms with Crippen LogP contribution in [0.5, 0.6) is 0 Å². The van der Waals surface area contributed by atoms with Crippen molar-refractivity contribution in [3.8, 4) is 0 Å². The Morgan fingerprint density at radius 1 is 1.29 bits per heavy atom. The maximum atomic E-state index is 4.34. The molecule has 0 saturated carbocycles. The molecule has 0 bridgehead atoms. The van der Waals surface area contributed by atoms with E-state index >= 15 is 0 Å². The summed E-state index contributed by atoms with van der Waals surface area (Å²) >= 11 is 3.51. The molecule has 2 aromatic rings. The summed E-state index contributed by atoms with van der Waals surface area (Å²) in [5, 5.41) is 3.26. The van der Waals surface area contributed by atoms with E-state index in [-0.39, 0.29) is 6.04 Å². The third-order valence-electron chi connectivity index (χ3n) is 2.68. The third kappa shape index (κ3) is 2.70. The highest BCUT2D eigenvalue weighted by molar-refractivity contribution is 9.10. The molecule has 1 unspecified atom stereocenters. The topological polar surface area (TPSA) is 37.8 Å². The molecule has 17 heavy (non-hydrogen) atoms. The minimum Gasteiger partial charge on any atom is -0.308 e. The van der Waals surface area contributed by atoms with E-state index < -0.39 is 0 Å². The van der Waals surface area contributed by atoms with Crippen molar-refractivity contribution in [2.24, 2.45) is 0 Å². The second kappa shape index (κ2) is 5.38. The maximum Gasteiger partial charge on any atom is 0.0801 e. The van der Waals surface area contributed by atoms with Gasteiger partial charge in [0, 0.05) is 16.9 Å². The first kappa shape index (κ1) is 12.2. The zero-order valence-corrected chi connectivity index (χ0v) is 11.4. The van der Waals surface area contributed by atoms with E-state index in [9.17, 15) is 0 Å². The molecule has 4 heteroatoms. The van der Waals surface area contributed by atoms with Gasteiger partial charge < -0.3 is 5.32 Å². The Hall–Kier alpha value is -1.26. The number of hydrogen-bond donors (Lipinski definition) is 1. The van der Waals surface area contributed by atoms with E-state index in [0.717, 1.165) is 10.2 Å². The molecule has 88 valence electrons. The lowest BCUT2D eigenvalue weighted by Crippen LogP contribution is -2.19. The van der Waals surface area contributed by atoms with Gasteiger partial charge in [-0.3, -0.25) is 9.97 Å². The van der Waals surface area contributed by atoms with Crippen molar-refractivity contribution in [1.29, 1.82) is 0 Å². The van der Waals surface area contributed by atoms with Crippen LogP contribution in [0.1, 0.15) is 22.9 Å². The highest BCUT2D eigenvalue weighted by Crippen LogP contribution is 2.24. The van der Waals surface area contributed by atoms with E-state index in [1.807, 2.05) is 7.05 Å². The first-order valence-electron chi connectivity index (χ1n) is 5.41. The molecule has 2 rings (SSSR count). The van der Waals surface area contributed by atoms with Gasteiger partial charge in [0.1, 0.15) is 0 Å². The van der Waals surface area contributed by atoms with E-state index in [0.29, 0.717) is 0 Å². The number of aryl methyl sites for hydroxylation is 1. The molecule has 0 aliphatic heterocycles. The molecule has 0 radical (unpaired) electrons. The summed E-state index contributed by atoms with van der Waals surface area (Å²) in [5.74, 6) is 0. The summed E-state index contributed by atoms with van der Waals surface area (Å²) in [6.07, 6.45) is 5.19. The lowest BCUT2D eigenvalue weighted by Gasteiger charge is -2.16. The summed E-state index contributed by atoms with van der Waals surface area (Å²) < 4.78 is 1.12. The molecule has 1 N–H and O–H groups in total. The van der Waals surface area contributed by atoms with Gasteiger partial charge in [-0.1, -0.05) is 28.1 Å². The fourth-order valence-corrected chi connectivity index (χ4v) is 2.04. The summed E-state index contributed by atoms with van der Waals surface area (Å²) in [4.78, 5) is 8.45. The molecule has 0 spiro atoms. The first-order chi connectivity index (χ1) is 8.22. The van der Waals surface area contributed by atoms with Crippen LogP contribution >= 0.6 is 15.9 Å². The minimum absolute atomic E-state index is 0.0792. The zero-order chi connectivity index (χ0) is 12.3. The molecule has 1 atom stereocenters. The van der Waals surface area contributed by atoms with Crippen molar-refractivity contribution in [2.75, 3.05) is 7.05 Å². The summed E-state index contributed by atoms with van der Waals surface area (Å²) in [6.45, 7) is 2.08. The molecular weight excluding hydrogens is 278 g/mol. The molecule has 1 aromatic heterocycles. The van der Waals surface area contributed by atoms with Gasteiger partial charge in [0.2, 0.25) is 0 Å². The van der Waals surface area contributed by atoms with Crippen molar-refractivity contribution >= 4 is 15.9 Å². The molecule has 0 amide bonds. The molecule has 0 saturated heterocycles. The van der Waals surface area contributed by atoms with Crippen LogP contribution in [-0.2, 0) is 0 Å². The van der Waals surface area contributed by atoms with Gasteiger partial charge in [-0.15, -0.1) is 0 Å². The van der Waals surface area contributed by atoms with Crippen molar-refractivity contribution in [3.05, 3.63) is 58.1 Å². The Bertz CT molecular complexity index is 499. The lowest BCUT2D eigenvalue weighted by atomic mass is 10.0. The van der Waals surface area contributed by atoms with Gasteiger partial charge in [0.25, 0.3) is 0 Å². The van der Waals surface area contributed by atoms with E-state index in [4.69, 9.17) is 0 Å². The second-order valence-corrected chi connectivity index (χ2v) is 4.71. The maximum absolute atomic E-state index is 4.34. The predicted octanol–water partition coefficient (Wildman–Crippen LogP) is 2.86. The highest BCUT2D eigenvalue weighted by Gasteiger charge is 2.13. The van der Waals surface area contributed by atoms with Gasteiger partial charge in [0.15, 0.2) is 0 Å². The smallest absolute Gasteiger partial charge is 0.0801 e. The zero-order valence-electron chi connectivity index (χ0n) is 9.81. The van der Waals surface area contributed by atoms with Gasteiger partial charge in [-0.2, -0.15) is 0 Å². The average molecular weight is 292 g/mol. The largest absolute Gasteiger partial charge is 0.308 e. The van der Waals surface area contributed by atoms with Crippen LogP contribution in [0.15, 0.2) is 41.3 Å². The number of nitrogens with one attached hydrogen (secondary N) is 1. The summed E-state index contributed by atoms with van der Waals surface area (Å²) in [5.41, 5.74) is 3.33. The summed E-state index contributed by atoms with van der Waals surface area (Å²) in [7, 11) is 1.93.